The normalized spacial score (nSPS) is 13.0. The number of hydrogen-bond donors (Lipinski definition) is 0. The average molecular weight is 295 g/mol. The van der Waals surface area contributed by atoms with Crippen LogP contribution in [0.4, 0.5) is 0 Å². The monoisotopic (exact) mass is 295 g/mol. The van der Waals surface area contributed by atoms with E-state index in [-0.39, 0.29) is 5.56 Å². The summed E-state index contributed by atoms with van der Waals surface area (Å²) < 4.78 is 12.3. The first-order valence-electron chi connectivity index (χ1n) is 6.95. The summed E-state index contributed by atoms with van der Waals surface area (Å²) in [5, 5.41) is 0. The molecule has 1 aliphatic heterocycles. The van der Waals surface area contributed by atoms with Crippen LogP contribution in [0, 0.1) is 0 Å². The number of aromatic nitrogens is 3. The fourth-order valence-corrected chi connectivity index (χ4v) is 2.73. The van der Waals surface area contributed by atoms with E-state index in [4.69, 9.17) is 9.47 Å². The standard InChI is InChI=1S/C16H13N3O3/c1-21-11-4-2-10(3-5-11)19-15-13(17-7-8-18-15)14-12(16(19)20)6-9-22-14/h2-5,7-8H,6,9H2,1H3. The largest absolute Gasteiger partial charge is 0.497 e. The lowest BCUT2D eigenvalue weighted by Gasteiger charge is -2.12. The second kappa shape index (κ2) is 4.84. The van der Waals surface area contributed by atoms with Gasteiger partial charge in [0.2, 0.25) is 0 Å². The predicted octanol–water partition coefficient (Wildman–Crippen LogP) is 1.72. The maximum atomic E-state index is 12.8. The Morgan fingerprint density at radius 1 is 1.18 bits per heavy atom. The van der Waals surface area contributed by atoms with E-state index < -0.39 is 0 Å². The van der Waals surface area contributed by atoms with Gasteiger partial charge in [0.05, 0.1) is 25.0 Å². The van der Waals surface area contributed by atoms with E-state index in [0.717, 1.165) is 11.4 Å². The molecule has 0 atom stereocenters. The van der Waals surface area contributed by atoms with Gasteiger partial charge in [-0.2, -0.15) is 0 Å². The van der Waals surface area contributed by atoms with Gasteiger partial charge in [-0.1, -0.05) is 0 Å². The Balaban J connectivity index is 2.06. The first-order chi connectivity index (χ1) is 10.8. The first kappa shape index (κ1) is 12.8. The SMILES string of the molecule is COc1ccc(-n2c(=O)c3c(c4nccnc42)OCC3)cc1. The lowest BCUT2D eigenvalue weighted by molar-refractivity contribution is 0.359. The molecule has 6 heteroatoms. The Morgan fingerprint density at radius 2 is 1.95 bits per heavy atom. The maximum Gasteiger partial charge on any atom is 0.263 e. The third-order valence-corrected chi connectivity index (χ3v) is 3.77. The van der Waals surface area contributed by atoms with Crippen LogP contribution in [-0.2, 0) is 6.42 Å². The van der Waals surface area contributed by atoms with Crippen LogP contribution in [0.2, 0.25) is 0 Å². The van der Waals surface area contributed by atoms with Crippen molar-refractivity contribution in [2.75, 3.05) is 13.7 Å². The summed E-state index contributed by atoms with van der Waals surface area (Å²) in [5.41, 5.74) is 2.39. The van der Waals surface area contributed by atoms with Gasteiger partial charge in [0.1, 0.15) is 11.3 Å². The van der Waals surface area contributed by atoms with Gasteiger partial charge in [0.15, 0.2) is 11.4 Å². The van der Waals surface area contributed by atoms with Crippen LogP contribution in [0.1, 0.15) is 5.56 Å². The summed E-state index contributed by atoms with van der Waals surface area (Å²) >= 11 is 0. The van der Waals surface area contributed by atoms with Crippen molar-refractivity contribution in [3.05, 3.63) is 52.6 Å². The zero-order valence-corrected chi connectivity index (χ0v) is 11.9. The number of ether oxygens (including phenoxy) is 2. The molecule has 4 rings (SSSR count). The van der Waals surface area contributed by atoms with Gasteiger partial charge in [0, 0.05) is 18.8 Å². The molecule has 6 nitrogen and oxygen atoms in total. The van der Waals surface area contributed by atoms with Crippen LogP contribution in [0.25, 0.3) is 16.9 Å². The number of rotatable bonds is 2. The maximum absolute atomic E-state index is 12.8. The number of pyridine rings is 1. The van der Waals surface area contributed by atoms with Crippen molar-refractivity contribution in [1.29, 1.82) is 0 Å². The van der Waals surface area contributed by atoms with Crippen LogP contribution in [0.15, 0.2) is 41.5 Å². The van der Waals surface area contributed by atoms with Gasteiger partial charge in [-0.15, -0.1) is 0 Å². The molecule has 2 aromatic heterocycles. The molecule has 0 saturated heterocycles. The molecule has 0 saturated carbocycles. The highest BCUT2D eigenvalue weighted by atomic mass is 16.5. The molecule has 3 aromatic rings. The Bertz CT molecular complexity index is 916. The second-order valence-corrected chi connectivity index (χ2v) is 4.97. The number of methoxy groups -OCH3 is 1. The fraction of sp³-hybridized carbons (Fsp3) is 0.188. The molecule has 0 spiro atoms. The van der Waals surface area contributed by atoms with E-state index in [1.807, 2.05) is 24.3 Å². The Hall–Kier alpha value is -2.89. The molecule has 110 valence electrons. The van der Waals surface area contributed by atoms with Crippen LogP contribution in [0.5, 0.6) is 11.5 Å². The Kier molecular flexibility index (Phi) is 2.82. The molecule has 1 aromatic carbocycles. The average Bonchev–Trinajstić information content (AvgIpc) is 3.06. The van der Waals surface area contributed by atoms with Crippen molar-refractivity contribution in [3.63, 3.8) is 0 Å². The van der Waals surface area contributed by atoms with Crippen molar-refractivity contribution in [3.8, 4) is 17.2 Å². The fourth-order valence-electron chi connectivity index (χ4n) is 2.73. The van der Waals surface area contributed by atoms with E-state index in [2.05, 4.69) is 9.97 Å². The van der Waals surface area contributed by atoms with Gasteiger partial charge >= 0.3 is 0 Å². The Labute approximate surface area is 126 Å². The van der Waals surface area contributed by atoms with Crippen LogP contribution in [-0.4, -0.2) is 28.3 Å². The minimum Gasteiger partial charge on any atom is -0.497 e. The van der Waals surface area contributed by atoms with Crippen LogP contribution in [0.3, 0.4) is 0 Å². The molecule has 0 amide bonds. The molecular formula is C16H13N3O3. The quantitative estimate of drug-likeness (QED) is 0.720. The molecule has 0 bridgehead atoms. The summed E-state index contributed by atoms with van der Waals surface area (Å²) in [6.45, 7) is 0.503. The summed E-state index contributed by atoms with van der Waals surface area (Å²) in [6, 6.07) is 7.29. The molecule has 0 aliphatic carbocycles. The summed E-state index contributed by atoms with van der Waals surface area (Å²) in [7, 11) is 1.61. The van der Waals surface area contributed by atoms with Gasteiger partial charge in [-0.3, -0.25) is 9.36 Å². The zero-order valence-electron chi connectivity index (χ0n) is 11.9. The van der Waals surface area contributed by atoms with Crippen LogP contribution < -0.4 is 15.0 Å². The highest BCUT2D eigenvalue weighted by molar-refractivity contribution is 5.81. The van der Waals surface area contributed by atoms with Gasteiger partial charge in [-0.25, -0.2) is 9.97 Å². The second-order valence-electron chi connectivity index (χ2n) is 4.97. The summed E-state index contributed by atoms with van der Waals surface area (Å²) in [5.74, 6) is 1.30. The van der Waals surface area contributed by atoms with Crippen molar-refractivity contribution in [2.45, 2.75) is 6.42 Å². The third-order valence-electron chi connectivity index (χ3n) is 3.77. The Morgan fingerprint density at radius 3 is 2.73 bits per heavy atom. The minimum atomic E-state index is -0.106. The van der Waals surface area contributed by atoms with Gasteiger partial charge < -0.3 is 9.47 Å². The summed E-state index contributed by atoms with van der Waals surface area (Å²) in [4.78, 5) is 21.5. The zero-order chi connectivity index (χ0) is 15.1. The topological polar surface area (TPSA) is 66.2 Å². The molecule has 0 fully saturated rings. The number of benzene rings is 1. The van der Waals surface area contributed by atoms with E-state index in [9.17, 15) is 4.79 Å². The number of hydrogen-bond acceptors (Lipinski definition) is 5. The highest BCUT2D eigenvalue weighted by Crippen LogP contribution is 2.30. The van der Waals surface area contributed by atoms with E-state index in [1.165, 1.54) is 0 Å². The predicted molar refractivity (Wildman–Crippen MR) is 80.9 cm³/mol. The molecule has 3 heterocycles. The molecule has 0 radical (unpaired) electrons. The lowest BCUT2D eigenvalue weighted by Crippen LogP contribution is -2.22. The van der Waals surface area contributed by atoms with E-state index in [0.29, 0.717) is 35.5 Å². The molecule has 0 unspecified atom stereocenters. The van der Waals surface area contributed by atoms with Crippen molar-refractivity contribution < 1.29 is 9.47 Å². The smallest absolute Gasteiger partial charge is 0.263 e. The molecular weight excluding hydrogens is 282 g/mol. The first-order valence-corrected chi connectivity index (χ1v) is 6.95. The van der Waals surface area contributed by atoms with Gasteiger partial charge in [0.25, 0.3) is 5.56 Å². The van der Waals surface area contributed by atoms with Crippen molar-refractivity contribution in [1.82, 2.24) is 14.5 Å². The lowest BCUT2D eigenvalue weighted by atomic mass is 10.2. The minimum absolute atomic E-state index is 0.106. The number of nitrogens with zero attached hydrogens (tertiary/aromatic N) is 3. The molecule has 1 aliphatic rings. The van der Waals surface area contributed by atoms with Crippen molar-refractivity contribution in [2.24, 2.45) is 0 Å². The third kappa shape index (κ3) is 1.77. The van der Waals surface area contributed by atoms with E-state index >= 15 is 0 Å². The highest BCUT2D eigenvalue weighted by Gasteiger charge is 2.24. The van der Waals surface area contributed by atoms with Gasteiger partial charge in [-0.05, 0) is 24.3 Å². The van der Waals surface area contributed by atoms with Crippen LogP contribution >= 0.6 is 0 Å². The summed E-state index contributed by atoms with van der Waals surface area (Å²) in [6.07, 6.45) is 3.77. The van der Waals surface area contributed by atoms with E-state index in [1.54, 1.807) is 24.1 Å². The number of fused-ring (bicyclic) bond motifs is 3. The van der Waals surface area contributed by atoms with Crippen molar-refractivity contribution >= 4 is 11.2 Å². The molecule has 0 N–H and O–H groups in total. The molecule has 22 heavy (non-hydrogen) atoms.